The van der Waals surface area contributed by atoms with Crippen molar-refractivity contribution in [1.29, 1.82) is 0 Å². The van der Waals surface area contributed by atoms with Crippen LogP contribution in [0.5, 0.6) is 5.75 Å². The molecule has 0 saturated carbocycles. The molecule has 0 radical (unpaired) electrons. The van der Waals surface area contributed by atoms with E-state index in [2.05, 4.69) is 10.6 Å². The fourth-order valence-electron chi connectivity index (χ4n) is 3.86. The van der Waals surface area contributed by atoms with Crippen molar-refractivity contribution in [3.8, 4) is 5.75 Å². The van der Waals surface area contributed by atoms with Gasteiger partial charge >= 0.3 is 6.03 Å². The zero-order valence-electron chi connectivity index (χ0n) is 15.4. The van der Waals surface area contributed by atoms with Gasteiger partial charge in [0.1, 0.15) is 20.2 Å². The number of hydrogen-bond acceptors (Lipinski definition) is 4. The minimum absolute atomic E-state index is 0.198. The van der Waals surface area contributed by atoms with Crippen LogP contribution in [0.25, 0.3) is 5.70 Å². The molecule has 2 aromatic carbocycles. The van der Waals surface area contributed by atoms with E-state index in [9.17, 15) is 19.8 Å². The second-order valence-electron chi connectivity index (χ2n) is 6.95. The van der Waals surface area contributed by atoms with E-state index in [1.54, 1.807) is 24.9 Å². The highest BCUT2D eigenvalue weighted by Crippen LogP contribution is 2.39. The second kappa shape index (κ2) is 7.05. The molecule has 2 aliphatic rings. The number of benzene rings is 2. The van der Waals surface area contributed by atoms with Gasteiger partial charge in [0.25, 0.3) is 5.91 Å². The Kier molecular flexibility index (Phi) is 4.56. The Morgan fingerprint density at radius 2 is 2.04 bits per heavy atom. The summed E-state index contributed by atoms with van der Waals surface area (Å²) < 4.78 is 0. The van der Waals surface area contributed by atoms with Gasteiger partial charge in [-0.3, -0.25) is 4.79 Å². The van der Waals surface area contributed by atoms with Crippen molar-refractivity contribution >= 4 is 36.6 Å². The summed E-state index contributed by atoms with van der Waals surface area (Å²) in [4.78, 5) is 26.3. The number of anilines is 1. The van der Waals surface area contributed by atoms with Crippen molar-refractivity contribution in [2.75, 3.05) is 18.1 Å². The Morgan fingerprint density at radius 3 is 2.79 bits per heavy atom. The number of rotatable bonds is 2. The molecule has 2 aromatic rings. The number of phenolic OH excluding ortho intramolecular Hbond substituents is 1. The Balaban J connectivity index is 1.86. The standard InChI is InChI=1S/C20H20BN3O4/c21-14-9-11(5-6-16(14)26)18-13-7-8-24(17(27)10-25)15-4-2-1-3-12(15)19(13)23-20(28)22-18/h1-6,9,18,25-26H,7-8,10,21H2,(H2,22,23,28). The molecule has 0 spiro atoms. The predicted octanol–water partition coefficient (Wildman–Crippen LogP) is 0.145. The SMILES string of the molecule is Bc1cc(C2NC(=O)NC3=C2CCN(C(=O)CO)c2ccccc23)ccc1O. The fraction of sp³-hybridized carbons (Fsp3) is 0.200. The lowest BCUT2D eigenvalue weighted by Gasteiger charge is -2.30. The molecule has 0 fully saturated rings. The zero-order chi connectivity index (χ0) is 19.8. The number of amides is 3. The van der Waals surface area contributed by atoms with Crippen LogP contribution in [0.3, 0.4) is 0 Å². The van der Waals surface area contributed by atoms with Gasteiger partial charge in [0.2, 0.25) is 0 Å². The lowest BCUT2D eigenvalue weighted by Crippen LogP contribution is -2.43. The van der Waals surface area contributed by atoms with Crippen molar-refractivity contribution < 1.29 is 19.8 Å². The first-order chi connectivity index (χ1) is 13.5. The molecule has 4 N–H and O–H groups in total. The van der Waals surface area contributed by atoms with E-state index in [4.69, 9.17) is 0 Å². The average molecular weight is 377 g/mol. The number of nitrogens with zero attached hydrogens (tertiary/aromatic N) is 1. The van der Waals surface area contributed by atoms with Crippen LogP contribution >= 0.6 is 0 Å². The molecule has 0 saturated heterocycles. The number of carbonyl (C=O) groups is 2. The summed E-state index contributed by atoms with van der Waals surface area (Å²) in [7, 11) is 1.81. The van der Waals surface area contributed by atoms with E-state index in [0.717, 1.165) is 22.2 Å². The summed E-state index contributed by atoms with van der Waals surface area (Å²) in [6.07, 6.45) is 0.521. The number of aromatic hydroxyl groups is 1. The summed E-state index contributed by atoms with van der Waals surface area (Å²) in [5.74, 6) is -0.187. The van der Waals surface area contributed by atoms with Gasteiger partial charge in [0.15, 0.2) is 0 Å². The minimum atomic E-state index is -0.579. The van der Waals surface area contributed by atoms with E-state index >= 15 is 0 Å². The normalized spacial score (nSPS) is 18.5. The third kappa shape index (κ3) is 3.01. The Hall–Kier alpha value is -3.26. The Labute approximate surface area is 163 Å². The molecule has 28 heavy (non-hydrogen) atoms. The average Bonchev–Trinajstić information content (AvgIpc) is 2.86. The number of nitrogens with one attached hydrogen (secondary N) is 2. The zero-order valence-corrected chi connectivity index (χ0v) is 15.4. The molecule has 7 nitrogen and oxygen atoms in total. The van der Waals surface area contributed by atoms with Crippen LogP contribution in [0.15, 0.2) is 48.0 Å². The molecule has 2 heterocycles. The van der Waals surface area contributed by atoms with Crippen molar-refractivity contribution in [2.24, 2.45) is 0 Å². The third-order valence-electron chi connectivity index (χ3n) is 5.24. The van der Waals surface area contributed by atoms with E-state index in [1.165, 1.54) is 0 Å². The summed E-state index contributed by atoms with van der Waals surface area (Å²) in [5.41, 5.74) is 4.62. The number of phenols is 1. The predicted molar refractivity (Wildman–Crippen MR) is 108 cm³/mol. The highest BCUT2D eigenvalue weighted by Gasteiger charge is 2.34. The minimum Gasteiger partial charge on any atom is -0.509 e. The first-order valence-corrected chi connectivity index (χ1v) is 9.10. The molecule has 1 atom stereocenters. The van der Waals surface area contributed by atoms with Gasteiger partial charge in [0.05, 0.1) is 17.4 Å². The molecular formula is C20H20BN3O4. The van der Waals surface area contributed by atoms with Crippen LogP contribution in [0.4, 0.5) is 10.5 Å². The quantitative estimate of drug-likeness (QED) is 0.560. The number of fused-ring (bicyclic) bond motifs is 2. The maximum absolute atomic E-state index is 12.4. The first kappa shape index (κ1) is 18.1. The van der Waals surface area contributed by atoms with E-state index in [0.29, 0.717) is 24.4 Å². The van der Waals surface area contributed by atoms with Crippen LogP contribution < -0.4 is 21.0 Å². The van der Waals surface area contributed by atoms with Gasteiger partial charge in [0, 0.05) is 12.1 Å². The topological polar surface area (TPSA) is 102 Å². The van der Waals surface area contributed by atoms with Crippen molar-refractivity contribution in [1.82, 2.24) is 10.6 Å². The largest absolute Gasteiger partial charge is 0.509 e. The monoisotopic (exact) mass is 377 g/mol. The van der Waals surface area contributed by atoms with E-state index < -0.39 is 6.61 Å². The molecule has 4 rings (SSSR count). The van der Waals surface area contributed by atoms with Gasteiger partial charge in [-0.05, 0) is 35.2 Å². The third-order valence-corrected chi connectivity index (χ3v) is 5.24. The number of hydrogen-bond donors (Lipinski definition) is 4. The maximum Gasteiger partial charge on any atom is 0.320 e. The molecule has 0 aromatic heterocycles. The van der Waals surface area contributed by atoms with Gasteiger partial charge in [-0.15, -0.1) is 0 Å². The van der Waals surface area contributed by atoms with Crippen LogP contribution in [-0.2, 0) is 4.79 Å². The number of carbonyl (C=O) groups excluding carboxylic acids is 2. The van der Waals surface area contributed by atoms with Gasteiger partial charge in [-0.1, -0.05) is 30.3 Å². The lowest BCUT2D eigenvalue weighted by atomic mass is 9.86. The Morgan fingerprint density at radius 1 is 1.25 bits per heavy atom. The summed E-state index contributed by atoms with van der Waals surface area (Å²) >= 11 is 0. The molecule has 142 valence electrons. The maximum atomic E-state index is 12.4. The number of aliphatic hydroxyl groups excluding tert-OH is 1. The molecule has 0 bridgehead atoms. The van der Waals surface area contributed by atoms with Crippen LogP contribution in [-0.4, -0.2) is 43.1 Å². The summed E-state index contributed by atoms with van der Waals surface area (Å²) in [6.45, 7) is -0.190. The second-order valence-corrected chi connectivity index (χ2v) is 6.95. The molecule has 0 aliphatic carbocycles. The van der Waals surface area contributed by atoms with Gasteiger partial charge < -0.3 is 25.7 Å². The summed E-state index contributed by atoms with van der Waals surface area (Å²) in [6, 6.07) is 11.9. The molecule has 3 amide bonds. The highest BCUT2D eigenvalue weighted by molar-refractivity contribution is 6.34. The van der Waals surface area contributed by atoms with Gasteiger partial charge in [-0.2, -0.15) is 0 Å². The van der Waals surface area contributed by atoms with Crippen LogP contribution in [0.1, 0.15) is 23.6 Å². The fourth-order valence-corrected chi connectivity index (χ4v) is 3.86. The number of urea groups is 1. The number of para-hydroxylation sites is 1. The van der Waals surface area contributed by atoms with Crippen LogP contribution in [0, 0.1) is 0 Å². The van der Waals surface area contributed by atoms with Gasteiger partial charge in [-0.25, -0.2) is 4.79 Å². The molecule has 2 aliphatic heterocycles. The van der Waals surface area contributed by atoms with Crippen molar-refractivity contribution in [3.05, 3.63) is 59.2 Å². The molecule has 8 heteroatoms. The van der Waals surface area contributed by atoms with Crippen molar-refractivity contribution in [2.45, 2.75) is 12.5 Å². The van der Waals surface area contributed by atoms with Crippen molar-refractivity contribution in [3.63, 3.8) is 0 Å². The molecule has 1 unspecified atom stereocenters. The van der Waals surface area contributed by atoms with E-state index in [1.807, 2.05) is 30.3 Å². The van der Waals surface area contributed by atoms with E-state index in [-0.39, 0.29) is 23.7 Å². The molecular weight excluding hydrogens is 357 g/mol. The highest BCUT2D eigenvalue weighted by atomic mass is 16.3. The first-order valence-electron chi connectivity index (χ1n) is 9.10. The Bertz CT molecular complexity index is 1000. The summed E-state index contributed by atoms with van der Waals surface area (Å²) in [5, 5.41) is 25.1. The smallest absolute Gasteiger partial charge is 0.320 e. The number of aliphatic hydroxyl groups is 1. The van der Waals surface area contributed by atoms with Crippen LogP contribution in [0.2, 0.25) is 0 Å². The lowest BCUT2D eigenvalue weighted by molar-refractivity contribution is -0.121.